The zero-order valence-electron chi connectivity index (χ0n) is 11.2. The molecule has 1 rings (SSSR count). The second kappa shape index (κ2) is 9.62. The summed E-state index contributed by atoms with van der Waals surface area (Å²) in [5, 5.41) is 8.84. The van der Waals surface area contributed by atoms with Crippen molar-refractivity contribution < 1.29 is 23.4 Å². The highest BCUT2D eigenvalue weighted by atomic mass is 35.5. The largest absolute Gasteiger partial charge is 0.394 e. The van der Waals surface area contributed by atoms with Gasteiger partial charge in [-0.3, -0.25) is 14.7 Å². The Bertz CT molecular complexity index is 369. The summed E-state index contributed by atoms with van der Waals surface area (Å²) in [5.41, 5.74) is 5.20. The number of aliphatic imine (C=N–C) groups is 1. The second-order valence-corrected chi connectivity index (χ2v) is 3.72. The Kier molecular flexibility index (Phi) is 9.02. The number of carbonyl (C=O) groups is 1. The molecule has 0 saturated carbocycles. The Labute approximate surface area is 120 Å². The Morgan fingerprint density at radius 3 is 2.65 bits per heavy atom. The molecule has 116 valence electrons. The average Bonchev–Trinajstić information content (AvgIpc) is 2.86. The van der Waals surface area contributed by atoms with E-state index in [9.17, 15) is 13.6 Å². The van der Waals surface area contributed by atoms with Crippen molar-refractivity contribution >= 4 is 23.8 Å². The molecule has 0 aromatic carbocycles. The highest BCUT2D eigenvalue weighted by Crippen LogP contribution is 2.25. The quantitative estimate of drug-likeness (QED) is 0.336. The Balaban J connectivity index is 0.00000172. The Morgan fingerprint density at radius 2 is 2.25 bits per heavy atom. The molecule has 20 heavy (non-hydrogen) atoms. The molecular weight excluding hydrogens is 296 g/mol. The number of amidine groups is 1. The van der Waals surface area contributed by atoms with Gasteiger partial charge < -0.3 is 15.6 Å². The van der Waals surface area contributed by atoms with E-state index in [1.165, 1.54) is 13.4 Å². The molecule has 0 aliphatic carbocycles. The van der Waals surface area contributed by atoms with Crippen molar-refractivity contribution in [1.82, 2.24) is 4.90 Å². The van der Waals surface area contributed by atoms with Gasteiger partial charge >= 0.3 is 0 Å². The first-order valence-electron chi connectivity index (χ1n) is 5.64. The third kappa shape index (κ3) is 5.03. The van der Waals surface area contributed by atoms with Gasteiger partial charge in [-0.2, -0.15) is 0 Å². The first-order chi connectivity index (χ1) is 9.53. The zero-order chi connectivity index (χ0) is 15.7. The molecule has 0 spiro atoms. The van der Waals surface area contributed by atoms with Gasteiger partial charge in [0.1, 0.15) is 6.17 Å². The molecule has 1 fully saturated rings. The van der Waals surface area contributed by atoms with Crippen molar-refractivity contribution in [3.05, 3.63) is 12.0 Å². The van der Waals surface area contributed by atoms with E-state index >= 15 is 0 Å². The molecular formula is C11H18ClF2N3O3. The van der Waals surface area contributed by atoms with Crippen molar-refractivity contribution in [1.29, 1.82) is 0 Å². The summed E-state index contributed by atoms with van der Waals surface area (Å²) < 4.78 is 32.0. The van der Waals surface area contributed by atoms with Crippen LogP contribution in [-0.2, 0) is 9.53 Å². The number of carbonyl (C=O) groups excluding carboxylic acids is 1. The van der Waals surface area contributed by atoms with Crippen LogP contribution in [0.2, 0.25) is 0 Å². The van der Waals surface area contributed by atoms with Crippen molar-refractivity contribution in [2.75, 3.05) is 20.0 Å². The van der Waals surface area contributed by atoms with Crippen LogP contribution < -0.4 is 5.73 Å². The summed E-state index contributed by atoms with van der Waals surface area (Å²) >= 11 is 4.64. The average molecular weight is 314 g/mol. The van der Waals surface area contributed by atoms with E-state index in [0.717, 1.165) is 0 Å². The van der Waals surface area contributed by atoms with Gasteiger partial charge in [-0.1, -0.05) is 0 Å². The molecule has 1 saturated heterocycles. The van der Waals surface area contributed by atoms with Crippen LogP contribution in [0.25, 0.3) is 0 Å². The van der Waals surface area contributed by atoms with Crippen LogP contribution in [0, 0.1) is 0 Å². The minimum atomic E-state index is -1.50. The molecule has 1 aliphatic rings. The molecule has 0 bridgehead atoms. The van der Waals surface area contributed by atoms with Gasteiger partial charge in [-0.05, 0) is 0 Å². The number of nitrogens with two attached hydrogens (primary N) is 1. The van der Waals surface area contributed by atoms with E-state index in [2.05, 4.69) is 16.6 Å². The number of hydrogen-bond donors (Lipinski definition) is 2. The number of ether oxygens (including phenoxy) is 1. The maximum Gasteiger partial charge on any atom is 0.215 e. The van der Waals surface area contributed by atoms with E-state index in [0.29, 0.717) is 11.1 Å². The summed E-state index contributed by atoms with van der Waals surface area (Å²) in [6.45, 7) is -0.367. The second-order valence-electron chi connectivity index (χ2n) is 3.72. The fourth-order valence-corrected chi connectivity index (χ4v) is 1.55. The third-order valence-corrected chi connectivity index (χ3v) is 2.50. The monoisotopic (exact) mass is 313 g/mol. The van der Waals surface area contributed by atoms with Crippen LogP contribution in [0.4, 0.5) is 8.78 Å². The molecule has 3 N–H and O–H groups in total. The minimum absolute atomic E-state index is 0.0572. The van der Waals surface area contributed by atoms with Crippen LogP contribution >= 0.6 is 11.6 Å². The highest BCUT2D eigenvalue weighted by molar-refractivity contribution is 6.15. The minimum Gasteiger partial charge on any atom is -0.394 e. The lowest BCUT2D eigenvalue weighted by Crippen LogP contribution is -2.36. The van der Waals surface area contributed by atoms with Crippen molar-refractivity contribution in [3.63, 3.8) is 0 Å². The number of aliphatic hydroxyl groups is 1. The molecule has 1 aliphatic heterocycles. The lowest BCUT2D eigenvalue weighted by atomic mass is 10.2. The molecule has 3 atom stereocenters. The molecule has 1 heterocycles. The first kappa shape index (κ1) is 18.8. The van der Waals surface area contributed by atoms with Gasteiger partial charge in [0.25, 0.3) is 0 Å². The lowest BCUT2D eigenvalue weighted by Gasteiger charge is -2.22. The summed E-state index contributed by atoms with van der Waals surface area (Å²) in [7, 11) is 1.28. The summed E-state index contributed by atoms with van der Waals surface area (Å²) in [6, 6.07) is 0. The zero-order valence-corrected chi connectivity index (χ0v) is 11.9. The van der Waals surface area contributed by atoms with E-state index in [1.54, 1.807) is 0 Å². The summed E-state index contributed by atoms with van der Waals surface area (Å²) in [5.74, 6) is -1.37. The van der Waals surface area contributed by atoms with E-state index in [1.807, 2.05) is 0 Å². The van der Waals surface area contributed by atoms with Gasteiger partial charge in [0, 0.05) is 26.1 Å². The van der Waals surface area contributed by atoms with Crippen LogP contribution in [0.3, 0.4) is 0 Å². The van der Waals surface area contributed by atoms with Gasteiger partial charge in [0.2, 0.25) is 6.41 Å². The summed E-state index contributed by atoms with van der Waals surface area (Å²) in [4.78, 5) is 14.9. The number of amides is 1. The number of aliphatic hydroxyl groups excluding tert-OH is 1. The van der Waals surface area contributed by atoms with Gasteiger partial charge in [-0.15, -0.1) is 11.6 Å². The number of hydrogen-bond acceptors (Lipinski definition) is 4. The molecule has 0 radical (unpaired) electrons. The first-order valence-corrected chi connectivity index (χ1v) is 6.40. The predicted octanol–water partition coefficient (Wildman–Crippen LogP) is 0.543. The van der Waals surface area contributed by atoms with Gasteiger partial charge in [0.05, 0.1) is 12.7 Å². The SMILES string of the molecule is CCl.CN=C(N)/C(F)=C\N(C=O)C1OC(CO)CC1F. The van der Waals surface area contributed by atoms with E-state index < -0.39 is 30.2 Å². The molecule has 1 amide bonds. The normalized spacial score (nSPS) is 26.8. The number of halogens is 3. The van der Waals surface area contributed by atoms with E-state index in [4.69, 9.17) is 15.6 Å². The lowest BCUT2D eigenvalue weighted by molar-refractivity contribution is -0.130. The van der Waals surface area contributed by atoms with Crippen molar-refractivity contribution in [3.8, 4) is 0 Å². The molecule has 0 aromatic heterocycles. The molecule has 0 aromatic rings. The third-order valence-electron chi connectivity index (χ3n) is 2.50. The van der Waals surface area contributed by atoms with Gasteiger partial charge in [0.15, 0.2) is 17.9 Å². The predicted molar refractivity (Wildman–Crippen MR) is 71.7 cm³/mol. The van der Waals surface area contributed by atoms with Crippen molar-refractivity contribution in [2.24, 2.45) is 10.7 Å². The van der Waals surface area contributed by atoms with Crippen molar-refractivity contribution in [2.45, 2.75) is 24.9 Å². The highest BCUT2D eigenvalue weighted by Gasteiger charge is 2.38. The Morgan fingerprint density at radius 1 is 1.65 bits per heavy atom. The maximum atomic E-state index is 13.5. The van der Waals surface area contributed by atoms with Crippen LogP contribution in [0.15, 0.2) is 17.0 Å². The van der Waals surface area contributed by atoms with Gasteiger partial charge in [-0.25, -0.2) is 8.78 Å². The van der Waals surface area contributed by atoms with Crippen LogP contribution in [0.1, 0.15) is 6.42 Å². The van der Waals surface area contributed by atoms with Crippen LogP contribution in [0.5, 0.6) is 0 Å². The standard InChI is InChI=1S/C10H15F2N3O3.CH3Cl/c1-14-9(13)8(12)3-15(5-17)10-7(11)2-6(4-16)18-10;1-2/h3,5-7,10,16H,2,4H2,1H3,(H2,13,14);1H3/b8-3+;. The fourth-order valence-electron chi connectivity index (χ4n) is 1.55. The molecule has 6 nitrogen and oxygen atoms in total. The fraction of sp³-hybridized carbons (Fsp3) is 0.636. The maximum absolute atomic E-state index is 13.5. The molecule has 3 unspecified atom stereocenters. The van der Waals surface area contributed by atoms with E-state index in [-0.39, 0.29) is 19.4 Å². The Hall–Kier alpha value is -1.25. The smallest absolute Gasteiger partial charge is 0.215 e. The number of alkyl halides is 2. The topological polar surface area (TPSA) is 88.2 Å². The van der Waals surface area contributed by atoms with Crippen LogP contribution in [-0.4, -0.2) is 60.8 Å². The molecule has 9 heteroatoms. The number of nitrogens with zero attached hydrogens (tertiary/aromatic N) is 2. The number of rotatable bonds is 5. The summed E-state index contributed by atoms with van der Waals surface area (Å²) in [6.07, 6.45) is -1.13.